The van der Waals surface area contributed by atoms with Gasteiger partial charge in [-0.25, -0.2) is 0 Å². The van der Waals surface area contributed by atoms with Crippen LogP contribution in [0.4, 0.5) is 0 Å². The molecule has 0 saturated heterocycles. The van der Waals surface area contributed by atoms with Crippen LogP contribution < -0.4 is 9.35 Å². The van der Waals surface area contributed by atoms with E-state index in [4.69, 9.17) is 16.3 Å². The third-order valence-corrected chi connectivity index (χ3v) is 5.35. The Labute approximate surface area is 161 Å². The van der Waals surface area contributed by atoms with E-state index in [9.17, 15) is 0 Å². The van der Waals surface area contributed by atoms with Crippen molar-refractivity contribution in [3.63, 3.8) is 0 Å². The summed E-state index contributed by atoms with van der Waals surface area (Å²) in [5.41, 5.74) is 3.88. The normalized spacial score (nSPS) is 11.2. The summed E-state index contributed by atoms with van der Waals surface area (Å²) in [7, 11) is 1.69. The zero-order valence-corrected chi connectivity index (χ0v) is 18.2. The van der Waals surface area contributed by atoms with Gasteiger partial charge in [0.1, 0.15) is 0 Å². The summed E-state index contributed by atoms with van der Waals surface area (Å²) < 4.78 is 9.31. The Kier molecular flexibility index (Phi) is 4.85. The van der Waals surface area contributed by atoms with E-state index in [0.717, 1.165) is 41.8 Å². The van der Waals surface area contributed by atoms with Crippen molar-refractivity contribution in [1.82, 2.24) is 19.5 Å². The van der Waals surface area contributed by atoms with Crippen molar-refractivity contribution in [3.8, 4) is 5.75 Å². The third-order valence-electron chi connectivity index (χ3n) is 3.71. The van der Waals surface area contributed by atoms with E-state index in [2.05, 4.69) is 42.1 Å². The molecule has 5 nitrogen and oxygen atoms in total. The Balaban J connectivity index is 2.13. The number of methoxy groups -OCH3 is 1. The average Bonchev–Trinajstić information content (AvgIpc) is 2.79. The van der Waals surface area contributed by atoms with Crippen LogP contribution in [0.15, 0.2) is 12.4 Å². The summed E-state index contributed by atoms with van der Waals surface area (Å²) in [6, 6.07) is 0. The van der Waals surface area contributed by atoms with E-state index in [1.165, 1.54) is 16.9 Å². The second-order valence-electron chi connectivity index (χ2n) is 5.22. The zero-order valence-electron chi connectivity index (χ0n) is 12.9. The van der Waals surface area contributed by atoms with Gasteiger partial charge in [0.15, 0.2) is 0 Å². The van der Waals surface area contributed by atoms with Crippen molar-refractivity contribution in [2.24, 2.45) is 0 Å². The molecule has 0 N–H and O–H groups in total. The van der Waals surface area contributed by atoms with Crippen LogP contribution in [-0.2, 0) is 6.54 Å². The summed E-state index contributed by atoms with van der Waals surface area (Å²) in [6.45, 7) is 4.64. The van der Waals surface area contributed by atoms with Crippen LogP contribution in [0, 0.1) is 17.4 Å². The number of rotatable bonds is 3. The maximum atomic E-state index is 6.29. The monoisotopic (exact) mass is 504 g/mol. The number of hydrogen-bond donors (Lipinski definition) is 0. The van der Waals surface area contributed by atoms with E-state index >= 15 is 0 Å². The van der Waals surface area contributed by atoms with Gasteiger partial charge in [-0.3, -0.25) is 0 Å². The molecule has 0 aliphatic carbocycles. The summed E-state index contributed by atoms with van der Waals surface area (Å²) >= 11 is 9.91. The Morgan fingerprint density at radius 1 is 1.35 bits per heavy atom. The molecule has 0 amide bonds. The van der Waals surface area contributed by atoms with Crippen molar-refractivity contribution in [1.29, 1.82) is 0 Å². The van der Waals surface area contributed by atoms with Crippen LogP contribution in [0.1, 0.15) is 16.8 Å². The van der Waals surface area contributed by atoms with Gasteiger partial charge in [0.2, 0.25) is 0 Å². The van der Waals surface area contributed by atoms with E-state index in [-0.39, 0.29) is 0 Å². The minimum absolute atomic E-state index is 0.503. The van der Waals surface area contributed by atoms with Crippen LogP contribution in [0.3, 0.4) is 0 Å². The first kappa shape index (κ1) is 17.0. The SMILES string of the molecule is COc1c(C)cnc(Cn2cc(I)c3c(Cl)nc([AsH2])nc32)c1C. The number of hydrogen-bond acceptors (Lipinski definition) is 4. The van der Waals surface area contributed by atoms with Gasteiger partial charge in [0.05, 0.1) is 0 Å². The molecular formula is C15H15AsClIN4O. The van der Waals surface area contributed by atoms with Gasteiger partial charge in [-0.1, -0.05) is 0 Å². The summed E-state index contributed by atoms with van der Waals surface area (Å²) in [4.78, 5) is 13.4. The molecule has 0 bridgehead atoms. The summed E-state index contributed by atoms with van der Waals surface area (Å²) in [5, 5.41) is 1.40. The average molecular weight is 505 g/mol. The van der Waals surface area contributed by atoms with Crippen molar-refractivity contribution in [2.45, 2.75) is 20.4 Å². The van der Waals surface area contributed by atoms with Gasteiger partial charge < -0.3 is 0 Å². The zero-order chi connectivity index (χ0) is 16.7. The van der Waals surface area contributed by atoms with Crippen LogP contribution in [0.5, 0.6) is 5.75 Å². The molecule has 1 atom stereocenters. The maximum absolute atomic E-state index is 6.29. The van der Waals surface area contributed by atoms with Crippen molar-refractivity contribution >= 4 is 66.7 Å². The van der Waals surface area contributed by atoms with Crippen LogP contribution in [0.25, 0.3) is 11.0 Å². The quantitative estimate of drug-likeness (QED) is 0.311. The molecular weight excluding hydrogens is 489 g/mol. The molecule has 0 radical (unpaired) electrons. The van der Waals surface area contributed by atoms with E-state index in [1.54, 1.807) is 7.11 Å². The van der Waals surface area contributed by atoms with Gasteiger partial charge in [-0.2, -0.15) is 0 Å². The topological polar surface area (TPSA) is 52.8 Å². The fourth-order valence-corrected chi connectivity index (χ4v) is 4.59. The van der Waals surface area contributed by atoms with Gasteiger partial charge in [-0.15, -0.1) is 0 Å². The van der Waals surface area contributed by atoms with Crippen LogP contribution >= 0.6 is 34.2 Å². The fraction of sp³-hybridized carbons (Fsp3) is 0.267. The Hall–Kier alpha value is -0.852. The predicted octanol–water partition coefficient (Wildman–Crippen LogP) is 2.02. The molecule has 0 aliphatic heterocycles. The van der Waals surface area contributed by atoms with Crippen LogP contribution in [-0.4, -0.2) is 43.5 Å². The molecule has 0 spiro atoms. The van der Waals surface area contributed by atoms with E-state index in [1.807, 2.05) is 26.2 Å². The Bertz CT molecular complexity index is 912. The van der Waals surface area contributed by atoms with Gasteiger partial charge in [0.25, 0.3) is 0 Å². The van der Waals surface area contributed by atoms with E-state index < -0.39 is 0 Å². The molecule has 1 unspecified atom stereocenters. The first-order chi connectivity index (χ1) is 10.9. The molecule has 23 heavy (non-hydrogen) atoms. The standard InChI is InChI=1S/C15H15AsClIN4O/c1-7-4-19-10(8(2)12(7)23-3)6-22-5-9(18)11-13(17)20-15(16)21-14(11)22/h4-5H,6,16H2,1-3H3. The first-order valence-electron chi connectivity index (χ1n) is 6.88. The molecule has 3 rings (SSSR count). The minimum atomic E-state index is 0.503. The van der Waals surface area contributed by atoms with Crippen LogP contribution in [0.2, 0.25) is 5.15 Å². The molecule has 3 heterocycles. The first-order valence-corrected chi connectivity index (χ1v) is 9.55. The number of pyridine rings is 1. The molecule has 0 aliphatic rings. The Morgan fingerprint density at radius 3 is 2.78 bits per heavy atom. The van der Waals surface area contributed by atoms with Crippen molar-refractivity contribution < 1.29 is 4.74 Å². The molecule has 0 saturated carbocycles. The number of nitrogens with zero attached hydrogens (tertiary/aromatic N) is 4. The van der Waals surface area contributed by atoms with E-state index in [0.29, 0.717) is 11.7 Å². The van der Waals surface area contributed by atoms with Gasteiger partial charge in [-0.05, 0) is 0 Å². The number of aromatic nitrogens is 4. The molecule has 0 aromatic carbocycles. The van der Waals surface area contributed by atoms with Crippen molar-refractivity contribution in [2.75, 3.05) is 7.11 Å². The number of ether oxygens (including phenoxy) is 1. The number of aryl methyl sites for hydroxylation is 1. The molecule has 3 aromatic heterocycles. The summed E-state index contributed by atoms with van der Waals surface area (Å²) in [6.07, 6.45) is 3.87. The molecule has 120 valence electrons. The van der Waals surface area contributed by atoms with Gasteiger partial charge >= 0.3 is 162 Å². The van der Waals surface area contributed by atoms with Crippen molar-refractivity contribution in [3.05, 3.63) is 37.9 Å². The number of fused-ring (bicyclic) bond motifs is 1. The second kappa shape index (κ2) is 6.57. The second-order valence-corrected chi connectivity index (χ2v) is 7.83. The predicted molar refractivity (Wildman–Crippen MR) is 103 cm³/mol. The fourth-order valence-electron chi connectivity index (χ4n) is 2.63. The third kappa shape index (κ3) is 3.08. The van der Waals surface area contributed by atoms with Gasteiger partial charge in [0, 0.05) is 0 Å². The molecule has 8 heteroatoms. The molecule has 0 fully saturated rings. The Morgan fingerprint density at radius 2 is 2.09 bits per heavy atom. The summed E-state index contributed by atoms with van der Waals surface area (Å²) in [5.74, 6) is 0.883. The molecule has 3 aromatic rings. The number of halogens is 2.